The number of benzene rings is 1. The Morgan fingerprint density at radius 2 is 1.87 bits per heavy atom. The Hall–Kier alpha value is -1.06. The largest absolute Gasteiger partial charge is 0.306 e. The Morgan fingerprint density at radius 3 is 2.53 bits per heavy atom. The molecule has 2 rings (SSSR count). The summed E-state index contributed by atoms with van der Waals surface area (Å²) < 4.78 is 2.51. The minimum Gasteiger partial charge on any atom is -0.306 e. The number of rotatable bonds is 2. The number of nitrogens with zero attached hydrogens (tertiary/aromatic N) is 1. The lowest BCUT2D eigenvalue weighted by Gasteiger charge is -2.06. The summed E-state index contributed by atoms with van der Waals surface area (Å²) in [6.07, 6.45) is 2.82. The van der Waals surface area contributed by atoms with Gasteiger partial charge in [0.25, 0.3) is 0 Å². The highest BCUT2D eigenvalue weighted by atomic mass is 32.1. The van der Waals surface area contributed by atoms with Crippen molar-refractivity contribution in [3.63, 3.8) is 0 Å². The second kappa shape index (κ2) is 4.64. The van der Waals surface area contributed by atoms with Crippen LogP contribution in [0.5, 0.6) is 0 Å². The Bertz CT molecular complexity index is 459. The summed E-state index contributed by atoms with van der Waals surface area (Å²) in [5.74, 6) is 0. The van der Waals surface area contributed by atoms with Crippen LogP contribution in [0.15, 0.2) is 48.7 Å². The predicted molar refractivity (Wildman–Crippen MR) is 70.7 cm³/mol. The molecule has 0 amide bonds. The topological polar surface area (TPSA) is 4.93 Å². The number of hydrogen-bond donors (Lipinski definition) is 1. The molecule has 0 bridgehead atoms. The van der Waals surface area contributed by atoms with Gasteiger partial charge in [-0.25, -0.2) is 0 Å². The molecular weight excluding hydrogens is 222 g/mol. The van der Waals surface area contributed by atoms with Crippen molar-refractivity contribution in [2.75, 3.05) is 0 Å². The fourth-order valence-electron chi connectivity index (χ4n) is 1.55. The molecule has 0 unspecified atom stereocenters. The van der Waals surface area contributed by atoms with Gasteiger partial charge in [-0.2, -0.15) is 0 Å². The van der Waals surface area contributed by atoms with E-state index in [9.17, 15) is 0 Å². The number of thiol groups is 1. The average molecular weight is 233 g/mol. The molecule has 3 heteroatoms. The van der Waals surface area contributed by atoms with E-state index in [4.69, 9.17) is 12.2 Å². The minimum absolute atomic E-state index is 0.589. The molecule has 1 heterocycles. The quantitative estimate of drug-likeness (QED) is 0.617. The van der Waals surface area contributed by atoms with Gasteiger partial charge in [-0.05, 0) is 17.7 Å². The molecule has 1 nitrogen and oxygen atoms in total. The highest BCUT2D eigenvalue weighted by Gasteiger charge is 2.03. The third-order valence-corrected chi connectivity index (χ3v) is 2.68. The lowest BCUT2D eigenvalue weighted by molar-refractivity contribution is 1.03. The molecule has 76 valence electrons. The van der Waals surface area contributed by atoms with E-state index in [1.807, 2.05) is 35.0 Å². The highest BCUT2D eigenvalue weighted by Crippen LogP contribution is 2.11. The summed E-state index contributed by atoms with van der Waals surface area (Å²) in [5.41, 5.74) is 2.45. The zero-order valence-electron chi connectivity index (χ0n) is 8.13. The standard InChI is InChI=1S/C12H11NS2/c14-12(15)13-8-4-7-11(13)9-10-5-2-1-3-6-10/h1-8H,9H2,(H,14,15). The third kappa shape index (κ3) is 2.49. The first-order valence-electron chi connectivity index (χ1n) is 4.71. The monoisotopic (exact) mass is 233 g/mol. The zero-order valence-corrected chi connectivity index (χ0v) is 9.84. The van der Waals surface area contributed by atoms with Crippen LogP contribution in [0, 0.1) is 0 Å². The molecule has 1 aromatic heterocycles. The summed E-state index contributed by atoms with van der Waals surface area (Å²) in [4.78, 5) is 0. The van der Waals surface area contributed by atoms with E-state index in [0.29, 0.717) is 4.32 Å². The fourth-order valence-corrected chi connectivity index (χ4v) is 1.93. The van der Waals surface area contributed by atoms with Gasteiger partial charge in [0.2, 0.25) is 0 Å². The van der Waals surface area contributed by atoms with Crippen molar-refractivity contribution in [1.29, 1.82) is 0 Å². The molecule has 0 aliphatic carbocycles. The number of thiocarbonyl (C=S) groups is 1. The van der Waals surface area contributed by atoms with E-state index in [0.717, 1.165) is 6.42 Å². The van der Waals surface area contributed by atoms with Gasteiger partial charge >= 0.3 is 0 Å². The summed E-state index contributed by atoms with van der Waals surface area (Å²) in [6, 6.07) is 14.4. The summed E-state index contributed by atoms with van der Waals surface area (Å²) in [5, 5.41) is 0. The Morgan fingerprint density at radius 1 is 1.13 bits per heavy atom. The fraction of sp³-hybridized carbons (Fsp3) is 0.0833. The van der Waals surface area contributed by atoms with Gasteiger partial charge in [0.15, 0.2) is 0 Å². The van der Waals surface area contributed by atoms with E-state index >= 15 is 0 Å². The minimum atomic E-state index is 0.589. The average Bonchev–Trinajstić information content (AvgIpc) is 2.67. The van der Waals surface area contributed by atoms with Gasteiger partial charge < -0.3 is 4.57 Å². The molecular formula is C12H11NS2. The van der Waals surface area contributed by atoms with Gasteiger partial charge in [-0.15, -0.1) is 12.6 Å². The van der Waals surface area contributed by atoms with Crippen molar-refractivity contribution < 1.29 is 0 Å². The van der Waals surface area contributed by atoms with Crippen molar-refractivity contribution in [2.45, 2.75) is 6.42 Å². The maximum Gasteiger partial charge on any atom is 0.141 e. The van der Waals surface area contributed by atoms with Gasteiger partial charge in [0.1, 0.15) is 4.32 Å². The SMILES string of the molecule is S=C(S)n1cccc1Cc1ccccc1. The van der Waals surface area contributed by atoms with Crippen LogP contribution in [-0.2, 0) is 6.42 Å². The Kier molecular flexibility index (Phi) is 3.23. The number of hydrogen-bond acceptors (Lipinski definition) is 1. The third-order valence-electron chi connectivity index (χ3n) is 2.27. The second-order valence-electron chi connectivity index (χ2n) is 3.31. The van der Waals surface area contributed by atoms with E-state index in [1.165, 1.54) is 11.3 Å². The second-order valence-corrected chi connectivity index (χ2v) is 4.43. The molecule has 1 aromatic carbocycles. The smallest absolute Gasteiger partial charge is 0.141 e. The first-order chi connectivity index (χ1) is 7.27. The maximum atomic E-state index is 5.05. The van der Waals surface area contributed by atoms with Crippen LogP contribution < -0.4 is 0 Å². The molecule has 0 spiro atoms. The van der Waals surface area contributed by atoms with Crippen LogP contribution in [0.1, 0.15) is 11.3 Å². The molecule has 0 saturated carbocycles. The van der Waals surface area contributed by atoms with Gasteiger partial charge in [0.05, 0.1) is 0 Å². The van der Waals surface area contributed by atoms with E-state index in [-0.39, 0.29) is 0 Å². The molecule has 15 heavy (non-hydrogen) atoms. The van der Waals surface area contributed by atoms with E-state index < -0.39 is 0 Å². The summed E-state index contributed by atoms with van der Waals surface area (Å²) in [6.45, 7) is 0. The van der Waals surface area contributed by atoms with Crippen LogP contribution in [0.4, 0.5) is 0 Å². The molecule has 0 saturated heterocycles. The molecule has 0 fully saturated rings. The molecule has 0 N–H and O–H groups in total. The first kappa shape index (κ1) is 10.5. The van der Waals surface area contributed by atoms with Crippen LogP contribution >= 0.6 is 24.8 Å². The lowest BCUT2D eigenvalue weighted by Crippen LogP contribution is -2.05. The van der Waals surface area contributed by atoms with Gasteiger partial charge in [-0.3, -0.25) is 0 Å². The van der Waals surface area contributed by atoms with Crippen molar-refractivity contribution in [1.82, 2.24) is 4.57 Å². The molecule has 0 aliphatic rings. The van der Waals surface area contributed by atoms with Crippen molar-refractivity contribution in [3.8, 4) is 0 Å². The van der Waals surface area contributed by atoms with Crippen LogP contribution in [0.3, 0.4) is 0 Å². The summed E-state index contributed by atoms with van der Waals surface area (Å²) in [7, 11) is 0. The summed E-state index contributed by atoms with van der Waals surface area (Å²) >= 11 is 9.23. The van der Waals surface area contributed by atoms with E-state index in [2.05, 4.69) is 30.8 Å². The van der Waals surface area contributed by atoms with Crippen LogP contribution in [-0.4, -0.2) is 8.89 Å². The predicted octanol–water partition coefficient (Wildman–Crippen LogP) is 3.14. The van der Waals surface area contributed by atoms with Crippen molar-refractivity contribution in [2.24, 2.45) is 0 Å². The molecule has 0 radical (unpaired) electrons. The first-order valence-corrected chi connectivity index (χ1v) is 5.56. The normalized spacial score (nSPS) is 10.2. The zero-order chi connectivity index (χ0) is 10.7. The highest BCUT2D eigenvalue weighted by molar-refractivity contribution is 8.11. The van der Waals surface area contributed by atoms with Crippen LogP contribution in [0.2, 0.25) is 0 Å². The lowest BCUT2D eigenvalue weighted by atomic mass is 10.1. The molecule has 0 atom stereocenters. The number of aromatic nitrogens is 1. The van der Waals surface area contributed by atoms with Crippen molar-refractivity contribution in [3.05, 3.63) is 59.9 Å². The van der Waals surface area contributed by atoms with Gasteiger partial charge in [-0.1, -0.05) is 42.5 Å². The van der Waals surface area contributed by atoms with Gasteiger partial charge in [0, 0.05) is 18.3 Å². The van der Waals surface area contributed by atoms with Crippen LogP contribution in [0.25, 0.3) is 0 Å². The Labute approximate surface area is 100 Å². The molecule has 0 aliphatic heterocycles. The van der Waals surface area contributed by atoms with E-state index in [1.54, 1.807) is 0 Å². The van der Waals surface area contributed by atoms with Crippen molar-refractivity contribution >= 4 is 29.2 Å². The maximum absolute atomic E-state index is 5.05. The molecule has 2 aromatic rings. The Balaban J connectivity index is 2.25.